The fraction of sp³-hybridized carbons (Fsp3) is 0.115. The van der Waals surface area contributed by atoms with Gasteiger partial charge in [-0.05, 0) is 36.6 Å². The largest absolute Gasteiger partial charge is 0.483 e. The summed E-state index contributed by atoms with van der Waals surface area (Å²) in [6, 6.07) is 30.0. The SMILES string of the molecule is Cc1ccc(NC(=O)COc2ccccc2CNc2cccc3ccccc23)cc1. The number of fused-ring (bicyclic) bond motifs is 1. The van der Waals surface area contributed by atoms with E-state index in [4.69, 9.17) is 4.74 Å². The van der Waals surface area contributed by atoms with Gasteiger partial charge < -0.3 is 15.4 Å². The molecule has 30 heavy (non-hydrogen) atoms. The quantitative estimate of drug-likeness (QED) is 0.416. The molecule has 0 atom stereocenters. The molecule has 0 radical (unpaired) electrons. The van der Waals surface area contributed by atoms with E-state index in [0.29, 0.717) is 12.3 Å². The molecule has 4 aromatic rings. The Hall–Kier alpha value is -3.79. The van der Waals surface area contributed by atoms with Crippen LogP contribution in [0, 0.1) is 6.92 Å². The smallest absolute Gasteiger partial charge is 0.262 e. The summed E-state index contributed by atoms with van der Waals surface area (Å²) in [5.74, 6) is 0.514. The predicted octanol–water partition coefficient (Wildman–Crippen LogP) is 5.78. The number of anilines is 2. The highest BCUT2D eigenvalue weighted by Gasteiger charge is 2.08. The molecule has 1 amide bonds. The van der Waals surface area contributed by atoms with Gasteiger partial charge in [0, 0.05) is 28.9 Å². The molecule has 4 heteroatoms. The molecule has 0 heterocycles. The van der Waals surface area contributed by atoms with E-state index in [1.165, 1.54) is 10.8 Å². The zero-order valence-corrected chi connectivity index (χ0v) is 16.9. The highest BCUT2D eigenvalue weighted by molar-refractivity contribution is 5.94. The number of carbonyl (C=O) groups excluding carboxylic acids is 1. The van der Waals surface area contributed by atoms with Crippen molar-refractivity contribution in [3.63, 3.8) is 0 Å². The van der Waals surface area contributed by atoms with Gasteiger partial charge in [-0.3, -0.25) is 4.79 Å². The van der Waals surface area contributed by atoms with Crippen molar-refractivity contribution in [2.45, 2.75) is 13.5 Å². The van der Waals surface area contributed by atoms with Crippen molar-refractivity contribution in [1.29, 1.82) is 0 Å². The number of aryl methyl sites for hydroxylation is 1. The minimum atomic E-state index is -0.185. The number of hydrogen-bond donors (Lipinski definition) is 2. The molecule has 2 N–H and O–H groups in total. The van der Waals surface area contributed by atoms with Gasteiger partial charge in [-0.2, -0.15) is 0 Å². The van der Waals surface area contributed by atoms with Crippen molar-refractivity contribution in [2.75, 3.05) is 17.2 Å². The highest BCUT2D eigenvalue weighted by Crippen LogP contribution is 2.25. The molecule has 4 nitrogen and oxygen atoms in total. The van der Waals surface area contributed by atoms with Crippen LogP contribution in [0.2, 0.25) is 0 Å². The Kier molecular flexibility index (Phi) is 5.95. The number of para-hydroxylation sites is 1. The first-order valence-corrected chi connectivity index (χ1v) is 9.98. The van der Waals surface area contributed by atoms with E-state index in [0.717, 1.165) is 22.5 Å². The minimum absolute atomic E-state index is 0.0425. The summed E-state index contributed by atoms with van der Waals surface area (Å²) in [6.07, 6.45) is 0. The van der Waals surface area contributed by atoms with E-state index in [-0.39, 0.29) is 12.5 Å². The lowest BCUT2D eigenvalue weighted by atomic mass is 10.1. The van der Waals surface area contributed by atoms with E-state index in [2.05, 4.69) is 34.9 Å². The number of hydrogen-bond acceptors (Lipinski definition) is 3. The fourth-order valence-electron chi connectivity index (χ4n) is 3.34. The standard InChI is InChI=1S/C26H24N2O2/c1-19-13-15-22(16-14-19)28-26(29)18-30-25-12-5-3-8-21(25)17-27-24-11-6-9-20-7-2-4-10-23(20)24/h2-16,27H,17-18H2,1H3,(H,28,29). The molecule has 4 aromatic carbocycles. The summed E-state index contributed by atoms with van der Waals surface area (Å²) >= 11 is 0. The highest BCUT2D eigenvalue weighted by atomic mass is 16.5. The number of benzene rings is 4. The van der Waals surface area contributed by atoms with Gasteiger partial charge in [-0.25, -0.2) is 0 Å². The van der Waals surface area contributed by atoms with E-state index >= 15 is 0 Å². The maximum Gasteiger partial charge on any atom is 0.262 e. The molecule has 150 valence electrons. The van der Waals surface area contributed by atoms with Gasteiger partial charge in [0.2, 0.25) is 0 Å². The summed E-state index contributed by atoms with van der Waals surface area (Å²) in [5, 5.41) is 8.72. The number of carbonyl (C=O) groups is 1. The van der Waals surface area contributed by atoms with Crippen molar-refractivity contribution in [1.82, 2.24) is 0 Å². The number of rotatable bonds is 7. The molecule has 0 saturated heterocycles. The zero-order valence-electron chi connectivity index (χ0n) is 16.9. The summed E-state index contributed by atoms with van der Waals surface area (Å²) < 4.78 is 5.82. The van der Waals surface area contributed by atoms with E-state index in [9.17, 15) is 4.79 Å². The van der Waals surface area contributed by atoms with Crippen molar-refractivity contribution < 1.29 is 9.53 Å². The lowest BCUT2D eigenvalue weighted by Gasteiger charge is -2.14. The van der Waals surface area contributed by atoms with Crippen LogP contribution in [0.5, 0.6) is 5.75 Å². The average molecular weight is 396 g/mol. The van der Waals surface area contributed by atoms with E-state index in [1.54, 1.807) is 0 Å². The third-order valence-corrected chi connectivity index (χ3v) is 4.93. The van der Waals surface area contributed by atoms with Gasteiger partial charge in [0.15, 0.2) is 6.61 Å². The van der Waals surface area contributed by atoms with Crippen LogP contribution >= 0.6 is 0 Å². The normalized spacial score (nSPS) is 10.6. The van der Waals surface area contributed by atoms with E-state index < -0.39 is 0 Å². The van der Waals surface area contributed by atoms with Gasteiger partial charge in [0.1, 0.15) is 5.75 Å². The van der Waals surface area contributed by atoms with Gasteiger partial charge in [-0.15, -0.1) is 0 Å². The molecule has 0 fully saturated rings. The second-order valence-corrected chi connectivity index (χ2v) is 7.19. The first-order chi connectivity index (χ1) is 14.7. The first kappa shape index (κ1) is 19.5. The maximum absolute atomic E-state index is 12.3. The lowest BCUT2D eigenvalue weighted by molar-refractivity contribution is -0.118. The number of ether oxygens (including phenoxy) is 1. The van der Waals surface area contributed by atoms with Crippen LogP contribution in [0.25, 0.3) is 10.8 Å². The summed E-state index contributed by atoms with van der Waals surface area (Å²) in [7, 11) is 0. The van der Waals surface area contributed by atoms with Crippen molar-refractivity contribution in [2.24, 2.45) is 0 Å². The van der Waals surface area contributed by atoms with Crippen LogP contribution in [0.4, 0.5) is 11.4 Å². The molecule has 0 aliphatic carbocycles. The molecule has 0 spiro atoms. The topological polar surface area (TPSA) is 50.4 Å². The van der Waals surface area contributed by atoms with Gasteiger partial charge in [-0.1, -0.05) is 72.3 Å². The molecule has 0 unspecified atom stereocenters. The van der Waals surface area contributed by atoms with Crippen LogP contribution in [0.3, 0.4) is 0 Å². The first-order valence-electron chi connectivity index (χ1n) is 9.98. The lowest BCUT2D eigenvalue weighted by Crippen LogP contribution is -2.20. The van der Waals surface area contributed by atoms with Crippen LogP contribution < -0.4 is 15.4 Å². The Bertz CT molecular complexity index is 1150. The molecular formula is C26H24N2O2. The average Bonchev–Trinajstić information content (AvgIpc) is 2.78. The zero-order chi connectivity index (χ0) is 20.8. The molecule has 4 rings (SSSR count). The third kappa shape index (κ3) is 4.78. The molecule has 0 aliphatic rings. The summed E-state index contributed by atoms with van der Waals surface area (Å²) in [4.78, 5) is 12.3. The second kappa shape index (κ2) is 9.14. The molecular weight excluding hydrogens is 372 g/mol. The Labute approximate surface area is 176 Å². The number of amides is 1. The van der Waals surface area contributed by atoms with Crippen molar-refractivity contribution in [3.8, 4) is 5.75 Å². The molecule has 0 aromatic heterocycles. The Morgan fingerprint density at radius 2 is 1.57 bits per heavy atom. The van der Waals surface area contributed by atoms with Gasteiger partial charge in [0.25, 0.3) is 5.91 Å². The van der Waals surface area contributed by atoms with Gasteiger partial charge >= 0.3 is 0 Å². The van der Waals surface area contributed by atoms with Crippen molar-refractivity contribution >= 4 is 28.1 Å². The Morgan fingerprint density at radius 3 is 2.43 bits per heavy atom. The van der Waals surface area contributed by atoms with Crippen molar-refractivity contribution in [3.05, 3.63) is 102 Å². The molecule has 0 bridgehead atoms. The predicted molar refractivity (Wildman–Crippen MR) is 123 cm³/mol. The van der Waals surface area contributed by atoms with Crippen LogP contribution in [0.1, 0.15) is 11.1 Å². The second-order valence-electron chi connectivity index (χ2n) is 7.19. The third-order valence-electron chi connectivity index (χ3n) is 4.93. The van der Waals surface area contributed by atoms with Gasteiger partial charge in [0.05, 0.1) is 0 Å². The van der Waals surface area contributed by atoms with Crippen LogP contribution in [0.15, 0.2) is 91.0 Å². The number of nitrogens with one attached hydrogen (secondary N) is 2. The van der Waals surface area contributed by atoms with Crippen LogP contribution in [-0.4, -0.2) is 12.5 Å². The monoisotopic (exact) mass is 396 g/mol. The Balaban J connectivity index is 1.40. The van der Waals surface area contributed by atoms with E-state index in [1.807, 2.05) is 73.7 Å². The summed E-state index contributed by atoms with van der Waals surface area (Å²) in [6.45, 7) is 2.57. The summed E-state index contributed by atoms with van der Waals surface area (Å²) in [5.41, 5.74) is 3.98. The fourth-order valence-corrected chi connectivity index (χ4v) is 3.34. The molecule has 0 aliphatic heterocycles. The molecule has 0 saturated carbocycles. The Morgan fingerprint density at radius 1 is 0.833 bits per heavy atom. The van der Waals surface area contributed by atoms with Crippen LogP contribution in [-0.2, 0) is 11.3 Å². The maximum atomic E-state index is 12.3. The minimum Gasteiger partial charge on any atom is -0.483 e.